The van der Waals surface area contributed by atoms with Crippen LogP contribution in [0, 0.1) is 5.41 Å². The predicted octanol–water partition coefficient (Wildman–Crippen LogP) is 4.01. The van der Waals surface area contributed by atoms with E-state index < -0.39 is 0 Å². The molecular weight excluding hydrogens is 312 g/mol. The molecule has 1 N–H and O–H groups in total. The molecule has 3 rings (SSSR count). The first-order valence-corrected chi connectivity index (χ1v) is 8.51. The SMILES string of the molecule is C[C@@H](Nc1ncc2ccc(=O)n(CC(C)(C)C)c2n1)c1ccccc1. The summed E-state index contributed by atoms with van der Waals surface area (Å²) in [4.78, 5) is 21.4. The molecule has 2 aromatic heterocycles. The monoisotopic (exact) mass is 336 g/mol. The molecule has 2 heterocycles. The third-order valence-electron chi connectivity index (χ3n) is 4.00. The smallest absolute Gasteiger partial charge is 0.252 e. The lowest BCUT2D eigenvalue weighted by molar-refractivity contribution is 0.343. The summed E-state index contributed by atoms with van der Waals surface area (Å²) in [6, 6.07) is 13.6. The highest BCUT2D eigenvalue weighted by Gasteiger charge is 2.16. The number of nitrogens with one attached hydrogen (secondary N) is 1. The Morgan fingerprint density at radius 2 is 1.84 bits per heavy atom. The van der Waals surface area contributed by atoms with Gasteiger partial charge >= 0.3 is 0 Å². The third-order valence-corrected chi connectivity index (χ3v) is 4.00. The molecule has 1 atom stereocenters. The second kappa shape index (κ2) is 6.67. The summed E-state index contributed by atoms with van der Waals surface area (Å²) >= 11 is 0. The summed E-state index contributed by atoms with van der Waals surface area (Å²) in [5, 5.41) is 4.18. The van der Waals surface area contributed by atoms with Gasteiger partial charge in [0.05, 0.1) is 6.04 Å². The minimum absolute atomic E-state index is 0.0199. The second-order valence-corrected chi connectivity index (χ2v) is 7.57. The number of nitrogens with zero attached hydrogens (tertiary/aromatic N) is 3. The van der Waals surface area contributed by atoms with Gasteiger partial charge in [-0.25, -0.2) is 4.98 Å². The van der Waals surface area contributed by atoms with Crippen LogP contribution in [0.1, 0.15) is 39.3 Å². The number of pyridine rings is 1. The molecule has 0 aliphatic heterocycles. The maximum Gasteiger partial charge on any atom is 0.252 e. The number of hydrogen-bond donors (Lipinski definition) is 1. The molecule has 0 fully saturated rings. The molecule has 5 heteroatoms. The summed E-state index contributed by atoms with van der Waals surface area (Å²) in [5.74, 6) is 0.525. The molecule has 0 radical (unpaired) electrons. The van der Waals surface area contributed by atoms with Gasteiger partial charge < -0.3 is 5.32 Å². The highest BCUT2D eigenvalue weighted by atomic mass is 16.1. The molecule has 25 heavy (non-hydrogen) atoms. The van der Waals surface area contributed by atoms with Crippen LogP contribution in [0.25, 0.3) is 11.0 Å². The average molecular weight is 336 g/mol. The average Bonchev–Trinajstić information content (AvgIpc) is 2.57. The van der Waals surface area contributed by atoms with Gasteiger partial charge in [0, 0.05) is 24.2 Å². The van der Waals surface area contributed by atoms with E-state index in [-0.39, 0.29) is 17.0 Å². The molecule has 0 aliphatic rings. The van der Waals surface area contributed by atoms with Crippen molar-refractivity contribution in [1.29, 1.82) is 0 Å². The number of hydrogen-bond acceptors (Lipinski definition) is 4. The van der Waals surface area contributed by atoms with Crippen LogP contribution in [0.3, 0.4) is 0 Å². The van der Waals surface area contributed by atoms with Crippen LogP contribution < -0.4 is 10.9 Å². The van der Waals surface area contributed by atoms with Gasteiger partial charge in [-0.15, -0.1) is 0 Å². The van der Waals surface area contributed by atoms with Crippen molar-refractivity contribution in [2.75, 3.05) is 5.32 Å². The van der Waals surface area contributed by atoms with E-state index in [4.69, 9.17) is 0 Å². The van der Waals surface area contributed by atoms with Crippen LogP contribution in [0.4, 0.5) is 5.95 Å². The van der Waals surface area contributed by atoms with Crippen molar-refractivity contribution >= 4 is 17.0 Å². The number of benzene rings is 1. The van der Waals surface area contributed by atoms with Crippen LogP contribution in [0.5, 0.6) is 0 Å². The second-order valence-electron chi connectivity index (χ2n) is 7.57. The first-order chi connectivity index (χ1) is 11.8. The normalized spacial score (nSPS) is 13.0. The quantitative estimate of drug-likeness (QED) is 0.782. The Morgan fingerprint density at radius 3 is 2.52 bits per heavy atom. The van der Waals surface area contributed by atoms with Gasteiger partial charge in [0.1, 0.15) is 5.65 Å². The molecule has 0 unspecified atom stereocenters. The number of aromatic nitrogens is 3. The van der Waals surface area contributed by atoms with Gasteiger partial charge in [-0.1, -0.05) is 51.1 Å². The van der Waals surface area contributed by atoms with Crippen molar-refractivity contribution in [3.63, 3.8) is 0 Å². The predicted molar refractivity (Wildman–Crippen MR) is 102 cm³/mol. The first-order valence-electron chi connectivity index (χ1n) is 8.51. The Morgan fingerprint density at radius 1 is 1.12 bits per heavy atom. The molecule has 5 nitrogen and oxygen atoms in total. The molecule has 0 bridgehead atoms. The highest BCUT2D eigenvalue weighted by Crippen LogP contribution is 2.20. The van der Waals surface area contributed by atoms with Crippen molar-refractivity contribution < 1.29 is 0 Å². The Balaban J connectivity index is 1.98. The maximum absolute atomic E-state index is 12.3. The van der Waals surface area contributed by atoms with Crippen LogP contribution in [0.15, 0.2) is 53.5 Å². The maximum atomic E-state index is 12.3. The fourth-order valence-electron chi connectivity index (χ4n) is 2.79. The van der Waals surface area contributed by atoms with Crippen molar-refractivity contribution in [2.45, 2.75) is 40.3 Å². The fourth-order valence-corrected chi connectivity index (χ4v) is 2.79. The topological polar surface area (TPSA) is 59.8 Å². The Bertz CT molecular complexity index is 926. The minimum atomic E-state index is -0.0387. The minimum Gasteiger partial charge on any atom is -0.348 e. The zero-order valence-corrected chi connectivity index (χ0v) is 15.2. The zero-order valence-electron chi connectivity index (χ0n) is 15.2. The molecule has 130 valence electrons. The lowest BCUT2D eigenvalue weighted by Crippen LogP contribution is -2.27. The molecule has 0 amide bonds. The molecule has 1 aromatic carbocycles. The standard InChI is InChI=1S/C20H24N4O/c1-14(15-8-6-5-7-9-15)22-19-21-12-16-10-11-17(25)24(18(16)23-19)13-20(2,3)4/h5-12,14H,13H2,1-4H3,(H,21,22,23)/t14-/m1/s1. The molecule has 0 aliphatic carbocycles. The molecule has 0 saturated heterocycles. The lowest BCUT2D eigenvalue weighted by atomic mass is 9.97. The summed E-state index contributed by atoms with van der Waals surface area (Å²) in [6.45, 7) is 8.99. The summed E-state index contributed by atoms with van der Waals surface area (Å²) in [7, 11) is 0. The zero-order chi connectivity index (χ0) is 18.0. The third kappa shape index (κ3) is 4.05. The van der Waals surface area contributed by atoms with E-state index in [1.165, 1.54) is 0 Å². The Hall–Kier alpha value is -2.69. The van der Waals surface area contributed by atoms with Gasteiger partial charge in [-0.05, 0) is 24.0 Å². The summed E-state index contributed by atoms with van der Waals surface area (Å²) in [5.41, 5.74) is 1.77. The van der Waals surface area contributed by atoms with E-state index in [1.807, 2.05) is 18.2 Å². The van der Waals surface area contributed by atoms with E-state index in [0.717, 1.165) is 10.9 Å². The highest BCUT2D eigenvalue weighted by molar-refractivity contribution is 5.75. The van der Waals surface area contributed by atoms with Crippen molar-refractivity contribution in [1.82, 2.24) is 14.5 Å². The first kappa shape index (κ1) is 17.1. The van der Waals surface area contributed by atoms with Crippen LogP contribution in [-0.4, -0.2) is 14.5 Å². The molecule has 3 aromatic rings. The molecule has 0 saturated carbocycles. The number of anilines is 1. The van der Waals surface area contributed by atoms with Crippen molar-refractivity contribution in [3.8, 4) is 0 Å². The number of rotatable bonds is 4. The van der Waals surface area contributed by atoms with Gasteiger partial charge in [-0.3, -0.25) is 9.36 Å². The van der Waals surface area contributed by atoms with Gasteiger partial charge in [-0.2, -0.15) is 4.98 Å². The van der Waals surface area contributed by atoms with Crippen molar-refractivity contribution in [3.05, 3.63) is 64.6 Å². The summed E-state index contributed by atoms with van der Waals surface area (Å²) in [6.07, 6.45) is 1.76. The van der Waals surface area contributed by atoms with E-state index in [9.17, 15) is 4.79 Å². The summed E-state index contributed by atoms with van der Waals surface area (Å²) < 4.78 is 1.73. The van der Waals surface area contributed by atoms with Crippen LogP contribution >= 0.6 is 0 Å². The molecule has 0 spiro atoms. The van der Waals surface area contributed by atoms with Crippen molar-refractivity contribution in [2.24, 2.45) is 5.41 Å². The lowest BCUT2D eigenvalue weighted by Gasteiger charge is -2.21. The van der Waals surface area contributed by atoms with E-state index in [1.54, 1.807) is 22.9 Å². The van der Waals surface area contributed by atoms with E-state index >= 15 is 0 Å². The fraction of sp³-hybridized carbons (Fsp3) is 0.350. The molecular formula is C20H24N4O. The van der Waals surface area contributed by atoms with Crippen LogP contribution in [-0.2, 0) is 6.54 Å². The van der Waals surface area contributed by atoms with Gasteiger partial charge in [0.2, 0.25) is 5.95 Å². The van der Waals surface area contributed by atoms with E-state index in [0.29, 0.717) is 18.1 Å². The van der Waals surface area contributed by atoms with Crippen LogP contribution in [0.2, 0.25) is 0 Å². The van der Waals surface area contributed by atoms with E-state index in [2.05, 4.69) is 55.1 Å². The van der Waals surface area contributed by atoms with Gasteiger partial charge in [0.15, 0.2) is 0 Å². The Labute approximate surface area is 147 Å². The number of fused-ring (bicyclic) bond motifs is 1. The Kier molecular flexibility index (Phi) is 4.57. The van der Waals surface area contributed by atoms with Gasteiger partial charge in [0.25, 0.3) is 5.56 Å². The largest absolute Gasteiger partial charge is 0.348 e.